The van der Waals surface area contributed by atoms with E-state index >= 15 is 0 Å². The maximum atomic E-state index is 12.6. The lowest BCUT2D eigenvalue weighted by Gasteiger charge is -2.29. The predicted octanol–water partition coefficient (Wildman–Crippen LogP) is 3.19. The van der Waals surface area contributed by atoms with Gasteiger partial charge >= 0.3 is 0 Å². The van der Waals surface area contributed by atoms with Gasteiger partial charge in [0.1, 0.15) is 0 Å². The minimum atomic E-state index is 0.258. The minimum Gasteiger partial charge on any atom is -0.357 e. The summed E-state index contributed by atoms with van der Waals surface area (Å²) in [5.74, 6) is 2.38. The van der Waals surface area contributed by atoms with E-state index in [2.05, 4.69) is 48.7 Å². The Morgan fingerprint density at radius 3 is 2.86 bits per heavy atom. The van der Waals surface area contributed by atoms with Crippen molar-refractivity contribution in [1.29, 1.82) is 0 Å². The molecule has 1 amide bonds. The Balaban J connectivity index is 1.40. The molecule has 1 unspecified atom stereocenters. The van der Waals surface area contributed by atoms with Gasteiger partial charge in [0.25, 0.3) is 0 Å². The number of amides is 1. The summed E-state index contributed by atoms with van der Waals surface area (Å²) in [7, 11) is 0. The first-order valence-corrected chi connectivity index (χ1v) is 11.6. The highest BCUT2D eigenvalue weighted by atomic mass is 32.2. The van der Waals surface area contributed by atoms with Crippen molar-refractivity contribution in [3.05, 3.63) is 35.4 Å². The van der Waals surface area contributed by atoms with Crippen LogP contribution in [-0.4, -0.2) is 53.4 Å². The van der Waals surface area contributed by atoms with E-state index in [-0.39, 0.29) is 10.7 Å². The standard InChI is InChI=1S/C22H34N4OS/c1-3-23-21(25-17-22(2)12-7-15-28-22)24-13-6-10-20(27)26-14-11-18-8-4-5-9-19(18)16-26/h4-5,8-9H,3,6-7,10-17H2,1-2H3,(H2,23,24,25). The Morgan fingerprint density at radius 1 is 1.29 bits per heavy atom. The lowest BCUT2D eigenvalue weighted by Crippen LogP contribution is -2.40. The number of nitrogens with zero attached hydrogens (tertiary/aromatic N) is 2. The van der Waals surface area contributed by atoms with E-state index in [1.165, 1.54) is 29.7 Å². The summed E-state index contributed by atoms with van der Waals surface area (Å²) in [6.45, 7) is 8.45. The smallest absolute Gasteiger partial charge is 0.222 e. The van der Waals surface area contributed by atoms with Crippen LogP contribution in [0.5, 0.6) is 0 Å². The number of rotatable bonds is 7. The van der Waals surface area contributed by atoms with Crippen LogP contribution in [0, 0.1) is 0 Å². The van der Waals surface area contributed by atoms with E-state index in [1.807, 2.05) is 16.7 Å². The van der Waals surface area contributed by atoms with Crippen molar-refractivity contribution in [2.75, 3.05) is 31.9 Å². The molecule has 6 heteroatoms. The number of thioether (sulfide) groups is 1. The Hall–Kier alpha value is -1.69. The first-order chi connectivity index (χ1) is 13.6. The summed E-state index contributed by atoms with van der Waals surface area (Å²) in [4.78, 5) is 19.3. The highest BCUT2D eigenvalue weighted by Gasteiger charge is 2.29. The van der Waals surface area contributed by atoms with E-state index in [4.69, 9.17) is 4.99 Å². The molecule has 0 bridgehead atoms. The lowest BCUT2D eigenvalue weighted by atomic mass is 9.99. The van der Waals surface area contributed by atoms with E-state index in [0.29, 0.717) is 6.42 Å². The molecule has 0 spiro atoms. The van der Waals surface area contributed by atoms with Gasteiger partial charge in [-0.15, -0.1) is 0 Å². The van der Waals surface area contributed by atoms with Gasteiger partial charge < -0.3 is 15.5 Å². The fourth-order valence-corrected chi connectivity index (χ4v) is 5.09. The molecule has 0 saturated carbocycles. The molecule has 5 nitrogen and oxygen atoms in total. The fraction of sp³-hybridized carbons (Fsp3) is 0.636. The molecule has 1 aromatic carbocycles. The molecule has 2 N–H and O–H groups in total. The summed E-state index contributed by atoms with van der Waals surface area (Å²) in [5, 5.41) is 6.72. The van der Waals surface area contributed by atoms with Crippen molar-refractivity contribution < 1.29 is 4.79 Å². The van der Waals surface area contributed by atoms with Crippen LogP contribution in [0.1, 0.15) is 50.7 Å². The zero-order valence-electron chi connectivity index (χ0n) is 17.3. The van der Waals surface area contributed by atoms with Crippen LogP contribution in [-0.2, 0) is 17.8 Å². The third-order valence-corrected chi connectivity index (χ3v) is 7.08. The summed E-state index contributed by atoms with van der Waals surface area (Å²) >= 11 is 2.04. The second-order valence-electron chi connectivity index (χ2n) is 7.96. The third-order valence-electron chi connectivity index (χ3n) is 5.56. The zero-order chi connectivity index (χ0) is 19.8. The maximum Gasteiger partial charge on any atom is 0.222 e. The largest absolute Gasteiger partial charge is 0.357 e. The number of carbonyl (C=O) groups is 1. The molecular formula is C22H34N4OS. The molecule has 0 aromatic heterocycles. The van der Waals surface area contributed by atoms with Crippen molar-refractivity contribution >= 4 is 23.6 Å². The molecule has 1 atom stereocenters. The van der Waals surface area contributed by atoms with Crippen molar-refractivity contribution in [3.8, 4) is 0 Å². The van der Waals surface area contributed by atoms with Gasteiger partial charge in [-0.2, -0.15) is 11.8 Å². The molecule has 3 rings (SSSR count). The number of hydrogen-bond acceptors (Lipinski definition) is 3. The van der Waals surface area contributed by atoms with Crippen LogP contribution in [0.4, 0.5) is 0 Å². The normalized spacial score (nSPS) is 22.1. The molecule has 28 heavy (non-hydrogen) atoms. The van der Waals surface area contributed by atoms with Crippen molar-refractivity contribution in [2.45, 2.75) is 57.2 Å². The number of nitrogens with one attached hydrogen (secondary N) is 2. The Kier molecular flexibility index (Phi) is 7.65. The van der Waals surface area contributed by atoms with E-state index in [9.17, 15) is 4.79 Å². The fourth-order valence-electron chi connectivity index (χ4n) is 3.86. The van der Waals surface area contributed by atoms with Crippen LogP contribution in [0.3, 0.4) is 0 Å². The Labute approximate surface area is 173 Å². The molecule has 2 aliphatic rings. The highest BCUT2D eigenvalue weighted by molar-refractivity contribution is 8.00. The van der Waals surface area contributed by atoms with Gasteiger partial charge in [0, 0.05) is 37.3 Å². The summed E-state index contributed by atoms with van der Waals surface area (Å²) in [6.07, 6.45) is 4.92. The first-order valence-electron chi connectivity index (χ1n) is 10.6. The summed E-state index contributed by atoms with van der Waals surface area (Å²) in [5.41, 5.74) is 2.67. The molecule has 2 aliphatic heterocycles. The van der Waals surface area contributed by atoms with Gasteiger partial charge in [-0.3, -0.25) is 9.79 Å². The summed E-state index contributed by atoms with van der Waals surface area (Å²) < 4.78 is 0.281. The van der Waals surface area contributed by atoms with Crippen LogP contribution in [0.15, 0.2) is 29.3 Å². The van der Waals surface area contributed by atoms with Gasteiger partial charge in [-0.1, -0.05) is 24.3 Å². The second kappa shape index (κ2) is 10.2. The monoisotopic (exact) mass is 402 g/mol. The van der Waals surface area contributed by atoms with Crippen LogP contribution >= 0.6 is 11.8 Å². The average Bonchev–Trinajstić information content (AvgIpc) is 3.15. The quantitative estimate of drug-likeness (QED) is 0.418. The molecule has 1 saturated heterocycles. The van der Waals surface area contributed by atoms with E-state index in [1.54, 1.807) is 0 Å². The number of fused-ring (bicyclic) bond motifs is 1. The first kappa shape index (κ1) is 21.0. The highest BCUT2D eigenvalue weighted by Crippen LogP contribution is 2.37. The second-order valence-corrected chi connectivity index (χ2v) is 9.64. The minimum absolute atomic E-state index is 0.258. The van der Waals surface area contributed by atoms with E-state index in [0.717, 1.165) is 51.5 Å². The van der Waals surface area contributed by atoms with Crippen molar-refractivity contribution in [2.24, 2.45) is 4.99 Å². The number of benzene rings is 1. The Morgan fingerprint density at radius 2 is 2.11 bits per heavy atom. The number of aliphatic imine (C=N–C) groups is 1. The average molecular weight is 403 g/mol. The maximum absolute atomic E-state index is 12.6. The summed E-state index contributed by atoms with van der Waals surface area (Å²) in [6, 6.07) is 8.45. The topological polar surface area (TPSA) is 56.7 Å². The Bertz CT molecular complexity index is 685. The van der Waals surface area contributed by atoms with Crippen LogP contribution < -0.4 is 10.6 Å². The van der Waals surface area contributed by atoms with Gasteiger partial charge in [-0.05, 0) is 56.4 Å². The van der Waals surface area contributed by atoms with E-state index < -0.39 is 0 Å². The van der Waals surface area contributed by atoms with Crippen LogP contribution in [0.2, 0.25) is 0 Å². The van der Waals surface area contributed by atoms with Gasteiger partial charge in [0.2, 0.25) is 5.91 Å². The third kappa shape index (κ3) is 5.90. The number of hydrogen-bond donors (Lipinski definition) is 2. The molecule has 154 valence electrons. The SMILES string of the molecule is CCNC(=NCC1(C)CCCS1)NCCCC(=O)N1CCc2ccccc2C1. The molecule has 2 heterocycles. The van der Waals surface area contributed by atoms with Gasteiger partial charge in [0.05, 0.1) is 6.54 Å². The molecular weight excluding hydrogens is 368 g/mol. The van der Waals surface area contributed by atoms with Crippen molar-refractivity contribution in [3.63, 3.8) is 0 Å². The molecule has 0 radical (unpaired) electrons. The molecule has 0 aliphatic carbocycles. The van der Waals surface area contributed by atoms with Crippen molar-refractivity contribution in [1.82, 2.24) is 15.5 Å². The van der Waals surface area contributed by atoms with Gasteiger partial charge in [0.15, 0.2) is 5.96 Å². The predicted molar refractivity (Wildman–Crippen MR) is 119 cm³/mol. The van der Waals surface area contributed by atoms with Gasteiger partial charge in [-0.25, -0.2) is 0 Å². The van der Waals surface area contributed by atoms with Crippen LogP contribution in [0.25, 0.3) is 0 Å². The zero-order valence-corrected chi connectivity index (χ0v) is 18.1. The number of carbonyl (C=O) groups excluding carboxylic acids is 1. The molecule has 1 aromatic rings. The number of guanidine groups is 1. The molecule has 1 fully saturated rings. The lowest BCUT2D eigenvalue weighted by molar-refractivity contribution is -0.132.